The number of hydrogen-bond acceptors (Lipinski definition) is 8. The number of rotatable bonds is 4. The Morgan fingerprint density at radius 2 is 1.77 bits per heavy atom. The molecule has 2 rings (SSSR count). The number of aromatic nitrogens is 2. The fourth-order valence-corrected chi connectivity index (χ4v) is 2.89. The van der Waals surface area contributed by atoms with Crippen LogP contribution < -0.4 is 11.2 Å². The summed E-state index contributed by atoms with van der Waals surface area (Å²) in [4.78, 5) is 49.1. The molecule has 1 aromatic rings. The lowest BCUT2D eigenvalue weighted by Crippen LogP contribution is -2.50. The van der Waals surface area contributed by atoms with Crippen molar-refractivity contribution in [2.75, 3.05) is 6.61 Å². The van der Waals surface area contributed by atoms with Crippen LogP contribution in [0.15, 0.2) is 21.9 Å². The lowest BCUT2D eigenvalue weighted by atomic mass is 9.96. The molecule has 0 saturated carbocycles. The summed E-state index contributed by atoms with van der Waals surface area (Å²) < 4.78 is 11.3. The van der Waals surface area contributed by atoms with Crippen molar-refractivity contribution in [2.24, 2.45) is 0 Å². The third kappa shape index (κ3) is 5.74. The fraction of sp³-hybridized carbons (Fsp3) is 0.571. The van der Waals surface area contributed by atoms with E-state index in [0.29, 0.717) is 0 Å². The van der Waals surface area contributed by atoms with Gasteiger partial charge in [0.1, 0.15) is 18.3 Å². The smallest absolute Gasteiger partial charge is 0.359 e. The molecular weight excluding hydrogens is 537 g/mol. The predicted octanol–water partition coefficient (Wildman–Crippen LogP) is 1.38. The van der Waals surface area contributed by atoms with Gasteiger partial charge in [-0.15, -0.1) is 0 Å². The maximum Gasteiger partial charge on any atom is 0.359 e. The molecule has 1 fully saturated rings. The van der Waals surface area contributed by atoms with E-state index in [1.165, 1.54) is 0 Å². The van der Waals surface area contributed by atoms with Crippen LogP contribution in [0, 0.1) is 0 Å². The van der Waals surface area contributed by atoms with Crippen LogP contribution in [-0.4, -0.2) is 58.6 Å². The first kappa shape index (κ1) is 25.5. The molecule has 2 heterocycles. The highest BCUT2D eigenvalue weighted by molar-refractivity contribution is 6.76. The molecule has 1 aliphatic heterocycles. The molecule has 0 spiro atoms. The number of aromatic amines is 1. The number of aliphatic hydroxyl groups is 1. The Kier molecular flexibility index (Phi) is 7.69. The van der Waals surface area contributed by atoms with E-state index in [0.717, 1.165) is 23.8 Å². The van der Waals surface area contributed by atoms with Gasteiger partial charge in [0.15, 0.2) is 12.3 Å². The van der Waals surface area contributed by atoms with Gasteiger partial charge in [-0.05, 0) is 6.92 Å². The maximum absolute atomic E-state index is 12.1. The van der Waals surface area contributed by atoms with Crippen LogP contribution in [-0.2, 0) is 23.8 Å². The highest BCUT2D eigenvalue weighted by atomic mass is 35.6. The molecule has 10 nitrogen and oxygen atoms in total. The molecule has 1 unspecified atom stereocenters. The first-order chi connectivity index (χ1) is 13.5. The van der Waals surface area contributed by atoms with E-state index < -0.39 is 61.4 Å². The zero-order valence-corrected chi connectivity index (χ0v) is 19.1. The Morgan fingerprint density at radius 3 is 2.27 bits per heavy atom. The van der Waals surface area contributed by atoms with E-state index in [9.17, 15) is 24.3 Å². The van der Waals surface area contributed by atoms with Gasteiger partial charge in [-0.3, -0.25) is 14.3 Å². The number of ether oxygens (including phenoxy) is 3. The number of halogens is 6. The standard InChI is InChI=1S/C14H12Cl6N2O8/c1-12(27)7(30-10(25)14(18,19)20)5(4-28-9(24)13(15,16)17)29-8(12)22-3-2-6(23)21-11(22)26/h2-3,5,7-8,27H,4H2,1H3,(H,21,23,26)/t5-,7?,8-,12+/m1/s1. The molecule has 0 bridgehead atoms. The zero-order valence-electron chi connectivity index (χ0n) is 14.6. The summed E-state index contributed by atoms with van der Waals surface area (Å²) in [5.74, 6) is -2.67. The average molecular weight is 549 g/mol. The van der Waals surface area contributed by atoms with Gasteiger partial charge < -0.3 is 19.3 Å². The highest BCUT2D eigenvalue weighted by Crippen LogP contribution is 2.41. The Bertz CT molecular complexity index is 934. The van der Waals surface area contributed by atoms with Crippen LogP contribution in [0.3, 0.4) is 0 Å². The Hall–Kier alpha value is -0.720. The largest absolute Gasteiger partial charge is 0.460 e. The van der Waals surface area contributed by atoms with Crippen molar-refractivity contribution >= 4 is 81.5 Å². The Balaban J connectivity index is 2.39. The molecule has 0 amide bonds. The van der Waals surface area contributed by atoms with Gasteiger partial charge in [0.25, 0.3) is 13.1 Å². The van der Waals surface area contributed by atoms with Crippen LogP contribution in [0.1, 0.15) is 13.2 Å². The monoisotopic (exact) mass is 546 g/mol. The van der Waals surface area contributed by atoms with Crippen LogP contribution in [0.25, 0.3) is 0 Å². The molecule has 168 valence electrons. The second-order valence-corrected chi connectivity index (χ2v) is 10.8. The number of carbonyl (C=O) groups excluding carboxylic acids is 2. The van der Waals surface area contributed by atoms with Crippen LogP contribution >= 0.6 is 69.6 Å². The SMILES string of the molecule is C[C@]1(O)C(OC(=O)C(Cl)(Cl)Cl)[C@@H](COC(=O)C(Cl)(Cl)Cl)O[C@H]1n1ccc(=O)[nH]c1=O. The molecule has 2 N–H and O–H groups in total. The number of alkyl halides is 6. The zero-order chi connectivity index (χ0) is 23.1. The van der Waals surface area contributed by atoms with E-state index in [1.807, 2.05) is 4.98 Å². The molecule has 0 aromatic carbocycles. The lowest BCUT2D eigenvalue weighted by Gasteiger charge is -2.30. The first-order valence-corrected chi connectivity index (χ1v) is 10.0. The molecule has 16 heteroatoms. The number of nitrogens with zero attached hydrogens (tertiary/aromatic N) is 1. The van der Waals surface area contributed by atoms with Crippen molar-refractivity contribution in [2.45, 2.75) is 38.5 Å². The van der Waals surface area contributed by atoms with E-state index in [2.05, 4.69) is 0 Å². The van der Waals surface area contributed by atoms with Gasteiger partial charge in [-0.1, -0.05) is 69.6 Å². The minimum atomic E-state index is -2.51. The highest BCUT2D eigenvalue weighted by Gasteiger charge is 2.58. The first-order valence-electron chi connectivity index (χ1n) is 7.76. The van der Waals surface area contributed by atoms with E-state index in [1.54, 1.807) is 0 Å². The summed E-state index contributed by atoms with van der Waals surface area (Å²) in [5, 5.41) is 11.0. The third-order valence-corrected chi connectivity index (χ3v) is 4.82. The normalized spacial score (nSPS) is 27.0. The summed E-state index contributed by atoms with van der Waals surface area (Å²) in [5.41, 5.74) is -3.79. The summed E-state index contributed by atoms with van der Waals surface area (Å²) in [7, 11) is 0. The quantitative estimate of drug-likeness (QED) is 0.425. The molecule has 0 aliphatic carbocycles. The molecule has 1 saturated heterocycles. The van der Waals surface area contributed by atoms with Crippen LogP contribution in [0.4, 0.5) is 0 Å². The summed E-state index contributed by atoms with van der Waals surface area (Å²) in [6.45, 7) is 0.456. The second kappa shape index (κ2) is 9.03. The van der Waals surface area contributed by atoms with Crippen molar-refractivity contribution in [3.8, 4) is 0 Å². The van der Waals surface area contributed by atoms with Crippen LogP contribution in [0.2, 0.25) is 0 Å². The van der Waals surface area contributed by atoms with Gasteiger partial charge in [0.05, 0.1) is 0 Å². The number of hydrogen-bond donors (Lipinski definition) is 2. The van der Waals surface area contributed by atoms with Gasteiger partial charge in [-0.2, -0.15) is 0 Å². The van der Waals surface area contributed by atoms with Crippen LogP contribution in [0.5, 0.6) is 0 Å². The summed E-state index contributed by atoms with van der Waals surface area (Å²) in [6, 6.07) is 0.985. The maximum atomic E-state index is 12.1. The van der Waals surface area contributed by atoms with Crippen molar-refractivity contribution in [3.63, 3.8) is 0 Å². The number of nitrogens with one attached hydrogen (secondary N) is 1. The number of carbonyl (C=O) groups is 2. The Morgan fingerprint density at radius 1 is 1.20 bits per heavy atom. The third-order valence-electron chi connectivity index (χ3n) is 3.90. The summed E-state index contributed by atoms with van der Waals surface area (Å²) in [6.07, 6.45) is -3.50. The number of esters is 2. The molecular formula is C14H12Cl6N2O8. The Labute approximate surface area is 197 Å². The van der Waals surface area contributed by atoms with Crippen molar-refractivity contribution < 1.29 is 28.9 Å². The van der Waals surface area contributed by atoms with Crippen molar-refractivity contribution in [1.82, 2.24) is 9.55 Å². The molecule has 30 heavy (non-hydrogen) atoms. The average Bonchev–Trinajstić information content (AvgIpc) is 2.82. The van der Waals surface area contributed by atoms with E-state index in [4.69, 9.17) is 83.8 Å². The van der Waals surface area contributed by atoms with Gasteiger partial charge in [0, 0.05) is 12.3 Å². The predicted molar refractivity (Wildman–Crippen MR) is 107 cm³/mol. The minimum Gasteiger partial charge on any atom is -0.460 e. The van der Waals surface area contributed by atoms with Crippen molar-refractivity contribution in [1.29, 1.82) is 0 Å². The van der Waals surface area contributed by atoms with Gasteiger partial charge >= 0.3 is 17.6 Å². The second-order valence-electron chi connectivity index (χ2n) is 6.19. The van der Waals surface area contributed by atoms with E-state index in [-0.39, 0.29) is 0 Å². The minimum absolute atomic E-state index is 0.685. The van der Waals surface area contributed by atoms with Crippen molar-refractivity contribution in [3.05, 3.63) is 33.1 Å². The molecule has 1 aromatic heterocycles. The molecule has 0 radical (unpaired) electrons. The topological polar surface area (TPSA) is 137 Å². The number of H-pyrrole nitrogens is 1. The van der Waals surface area contributed by atoms with Gasteiger partial charge in [0.2, 0.25) is 0 Å². The van der Waals surface area contributed by atoms with E-state index >= 15 is 0 Å². The molecule has 1 aliphatic rings. The summed E-state index contributed by atoms with van der Waals surface area (Å²) >= 11 is 32.7. The van der Waals surface area contributed by atoms with Gasteiger partial charge in [-0.25, -0.2) is 14.4 Å². The lowest BCUT2D eigenvalue weighted by molar-refractivity contribution is -0.164. The molecule has 4 atom stereocenters. The fourth-order valence-electron chi connectivity index (χ4n) is 2.59.